The van der Waals surface area contributed by atoms with Crippen LogP contribution in [0.4, 0.5) is 0 Å². The van der Waals surface area contributed by atoms with Crippen molar-refractivity contribution in [3.05, 3.63) is 0 Å². The smallest absolute Gasteiger partial charge is 0.462 e. The Hall–Kier alpha value is -1.94. The fraction of sp³-hybridized carbons (Fsp3) is 0.941. The van der Waals surface area contributed by atoms with Gasteiger partial charge in [-0.2, -0.15) is 0 Å². The van der Waals surface area contributed by atoms with Crippen molar-refractivity contribution in [2.24, 2.45) is 11.8 Å². The van der Waals surface area contributed by atoms with Gasteiger partial charge in [0.25, 0.3) is 0 Å². The van der Waals surface area contributed by atoms with E-state index in [4.69, 9.17) is 37.0 Å². The highest BCUT2D eigenvalue weighted by Gasteiger charge is 2.30. The van der Waals surface area contributed by atoms with Crippen LogP contribution >= 0.6 is 15.6 Å². The molecule has 0 rings (SSSR count). The number of unbranched alkanes of at least 4 members (excludes halogenated alkanes) is 36. The van der Waals surface area contributed by atoms with E-state index in [2.05, 4.69) is 41.5 Å². The zero-order chi connectivity index (χ0) is 64.3. The third-order valence-corrected chi connectivity index (χ3v) is 18.0. The third-order valence-electron chi connectivity index (χ3n) is 16.1. The molecule has 87 heavy (non-hydrogen) atoms. The van der Waals surface area contributed by atoms with Crippen LogP contribution in [-0.4, -0.2) is 96.7 Å². The van der Waals surface area contributed by atoms with E-state index in [1.807, 2.05) is 0 Å². The number of hydrogen-bond acceptors (Lipinski definition) is 15. The number of carbonyl (C=O) groups excluding carboxylic acids is 4. The van der Waals surface area contributed by atoms with Crippen LogP contribution in [0, 0.1) is 11.8 Å². The molecule has 0 heterocycles. The van der Waals surface area contributed by atoms with Crippen molar-refractivity contribution in [2.75, 3.05) is 39.6 Å². The van der Waals surface area contributed by atoms with Gasteiger partial charge in [-0.3, -0.25) is 37.3 Å². The van der Waals surface area contributed by atoms with Gasteiger partial charge in [-0.25, -0.2) is 9.13 Å². The number of aliphatic hydroxyl groups is 1. The van der Waals surface area contributed by atoms with Crippen LogP contribution in [0.2, 0.25) is 0 Å². The predicted molar refractivity (Wildman–Crippen MR) is 349 cm³/mol. The van der Waals surface area contributed by atoms with Gasteiger partial charge in [0.2, 0.25) is 0 Å². The first-order valence-corrected chi connectivity index (χ1v) is 38.5. The Kier molecular flexibility index (Phi) is 59.0. The van der Waals surface area contributed by atoms with Crippen LogP contribution in [-0.2, 0) is 65.4 Å². The monoisotopic (exact) mass is 1280 g/mol. The highest BCUT2D eigenvalue weighted by Crippen LogP contribution is 2.45. The summed E-state index contributed by atoms with van der Waals surface area (Å²) < 4.78 is 68.1. The van der Waals surface area contributed by atoms with Crippen molar-refractivity contribution in [1.29, 1.82) is 0 Å². The number of esters is 4. The van der Waals surface area contributed by atoms with Gasteiger partial charge in [0.15, 0.2) is 12.2 Å². The molecule has 0 aromatic carbocycles. The lowest BCUT2D eigenvalue weighted by Crippen LogP contribution is -2.30. The first-order valence-electron chi connectivity index (χ1n) is 35.5. The lowest BCUT2D eigenvalue weighted by Gasteiger charge is -2.21. The van der Waals surface area contributed by atoms with Gasteiger partial charge < -0.3 is 33.8 Å². The normalized spacial score (nSPS) is 14.5. The van der Waals surface area contributed by atoms with E-state index in [0.717, 1.165) is 109 Å². The standard InChI is InChI=1S/C68H132O17P2/c1-7-10-12-14-16-17-18-19-20-21-22-23-28-34-40-46-52-67(72)84-64(57-79-66(71)51-45-39-33-27-25-24-26-32-37-43-49-61(6)9-3)59-83-87(76,77)81-55-62(69)54-80-86(74,75)82-58-63(56-78-65(70)50-44-38-30-15-13-11-8-2)85-68(73)53-47-41-35-29-31-36-42-48-60(4)5/h60-64,69H,7-59H2,1-6H3,(H,74,75)(H,76,77)/t61?,62-,63+,64+/m0/s1. The second-order valence-corrected chi connectivity index (χ2v) is 28.2. The molecule has 0 radical (unpaired) electrons. The predicted octanol–water partition coefficient (Wildman–Crippen LogP) is 19.2. The summed E-state index contributed by atoms with van der Waals surface area (Å²) in [7, 11) is -9.89. The van der Waals surface area contributed by atoms with Crippen LogP contribution in [0.5, 0.6) is 0 Å². The van der Waals surface area contributed by atoms with Gasteiger partial charge in [0, 0.05) is 25.7 Å². The van der Waals surface area contributed by atoms with E-state index in [9.17, 15) is 43.2 Å². The lowest BCUT2D eigenvalue weighted by molar-refractivity contribution is -0.161. The van der Waals surface area contributed by atoms with Gasteiger partial charge in [0.1, 0.15) is 19.3 Å². The molecule has 0 saturated heterocycles. The molecule has 0 aliphatic carbocycles. The molecule has 0 fully saturated rings. The molecule has 0 aliphatic heterocycles. The summed E-state index contributed by atoms with van der Waals surface area (Å²) in [6.07, 6.45) is 44.6. The molecular formula is C68H132O17P2. The van der Waals surface area contributed by atoms with Crippen LogP contribution in [0.3, 0.4) is 0 Å². The van der Waals surface area contributed by atoms with Crippen LogP contribution < -0.4 is 0 Å². The Morgan fingerprint density at radius 2 is 0.586 bits per heavy atom. The second kappa shape index (κ2) is 60.3. The van der Waals surface area contributed by atoms with E-state index in [1.165, 1.54) is 148 Å². The number of phosphoric acid groups is 2. The van der Waals surface area contributed by atoms with Crippen LogP contribution in [0.15, 0.2) is 0 Å². The quantitative estimate of drug-likeness (QED) is 0.0222. The van der Waals surface area contributed by atoms with Crippen molar-refractivity contribution in [2.45, 2.75) is 362 Å². The summed E-state index contributed by atoms with van der Waals surface area (Å²) in [6, 6.07) is 0. The maximum absolute atomic E-state index is 13.0. The zero-order valence-electron chi connectivity index (χ0n) is 56.3. The molecule has 19 heteroatoms. The van der Waals surface area contributed by atoms with Gasteiger partial charge in [-0.05, 0) is 37.5 Å². The zero-order valence-corrected chi connectivity index (χ0v) is 58.1. The maximum Gasteiger partial charge on any atom is 0.472 e. The molecule has 3 unspecified atom stereocenters. The Balaban J connectivity index is 5.21. The van der Waals surface area contributed by atoms with Crippen molar-refractivity contribution >= 4 is 39.5 Å². The van der Waals surface area contributed by atoms with E-state index >= 15 is 0 Å². The summed E-state index contributed by atoms with van der Waals surface area (Å²) in [5.41, 5.74) is 0. The van der Waals surface area contributed by atoms with Gasteiger partial charge in [-0.1, -0.05) is 292 Å². The van der Waals surface area contributed by atoms with E-state index < -0.39 is 97.5 Å². The molecule has 0 aliphatic rings. The van der Waals surface area contributed by atoms with E-state index in [1.54, 1.807) is 0 Å². The summed E-state index contributed by atoms with van der Waals surface area (Å²) in [5.74, 6) is -0.627. The number of phosphoric ester groups is 2. The molecule has 6 atom stereocenters. The Bertz CT molecular complexity index is 1700. The fourth-order valence-electron chi connectivity index (χ4n) is 10.2. The average molecular weight is 1280 g/mol. The fourth-order valence-corrected chi connectivity index (χ4v) is 11.8. The molecule has 17 nitrogen and oxygen atoms in total. The van der Waals surface area contributed by atoms with Crippen molar-refractivity contribution < 1.29 is 80.2 Å². The molecule has 0 spiro atoms. The average Bonchev–Trinajstić information content (AvgIpc) is 3.70. The molecule has 0 aromatic rings. The van der Waals surface area contributed by atoms with Crippen LogP contribution in [0.1, 0.15) is 343 Å². The lowest BCUT2D eigenvalue weighted by atomic mass is 9.99. The minimum Gasteiger partial charge on any atom is -0.462 e. The molecule has 0 bridgehead atoms. The van der Waals surface area contributed by atoms with Crippen molar-refractivity contribution in [3.8, 4) is 0 Å². The highest BCUT2D eigenvalue weighted by atomic mass is 31.2. The van der Waals surface area contributed by atoms with Gasteiger partial charge in [-0.15, -0.1) is 0 Å². The molecule has 0 amide bonds. The largest absolute Gasteiger partial charge is 0.472 e. The van der Waals surface area contributed by atoms with E-state index in [-0.39, 0.29) is 25.7 Å². The Labute approximate surface area is 530 Å². The molecule has 0 saturated carbocycles. The molecule has 516 valence electrons. The minimum atomic E-state index is -4.95. The number of aliphatic hydroxyl groups excluding tert-OH is 1. The van der Waals surface area contributed by atoms with Gasteiger partial charge in [0.05, 0.1) is 26.4 Å². The van der Waals surface area contributed by atoms with Crippen molar-refractivity contribution in [3.63, 3.8) is 0 Å². The maximum atomic E-state index is 13.0. The highest BCUT2D eigenvalue weighted by molar-refractivity contribution is 7.47. The third kappa shape index (κ3) is 61.3. The molecule has 3 N–H and O–H groups in total. The summed E-state index contributed by atoms with van der Waals surface area (Å²) >= 11 is 0. The van der Waals surface area contributed by atoms with Crippen molar-refractivity contribution in [1.82, 2.24) is 0 Å². The summed E-state index contributed by atoms with van der Waals surface area (Å²) in [5, 5.41) is 10.6. The number of rotatable bonds is 67. The number of carbonyl (C=O) groups is 4. The van der Waals surface area contributed by atoms with Gasteiger partial charge >= 0.3 is 39.5 Å². The summed E-state index contributed by atoms with van der Waals surface area (Å²) in [6.45, 7) is 9.46. The number of ether oxygens (including phenoxy) is 4. The van der Waals surface area contributed by atoms with E-state index in [0.29, 0.717) is 31.6 Å². The second-order valence-electron chi connectivity index (χ2n) is 25.3. The molecular weight excluding hydrogens is 1150 g/mol. The first-order chi connectivity index (χ1) is 41.9. The Morgan fingerprint density at radius 3 is 0.874 bits per heavy atom. The molecule has 0 aromatic heterocycles. The topological polar surface area (TPSA) is 237 Å². The first kappa shape index (κ1) is 85.1. The minimum absolute atomic E-state index is 0.103. The summed E-state index contributed by atoms with van der Waals surface area (Å²) in [4.78, 5) is 72.3. The SMILES string of the molecule is CCCCCCCCCCCCCCCCCCC(=O)O[C@H](COC(=O)CCCCCCCCCCCCC(C)CC)COP(=O)(O)OC[C@@H](O)COP(=O)(O)OC[C@@H](COC(=O)CCCCCCCCC)OC(=O)CCCCCCCCCC(C)C. The number of hydrogen-bond donors (Lipinski definition) is 3. The Morgan fingerprint density at radius 1 is 0.333 bits per heavy atom. The van der Waals surface area contributed by atoms with Crippen LogP contribution in [0.25, 0.3) is 0 Å².